The molecular formula is C8H11N7S. The number of hydrogen-bond donors (Lipinski definition) is 2. The number of piperazine rings is 1. The fourth-order valence-corrected chi connectivity index (χ4v) is 1.80. The second-order valence-corrected chi connectivity index (χ2v) is 3.96. The van der Waals surface area contributed by atoms with Gasteiger partial charge in [-0.15, -0.1) is 0 Å². The maximum Gasteiger partial charge on any atom is 0.231 e. The maximum atomic E-state index is 8.56. The van der Waals surface area contributed by atoms with Crippen molar-refractivity contribution in [3.63, 3.8) is 0 Å². The van der Waals surface area contributed by atoms with Crippen LogP contribution in [0.1, 0.15) is 0 Å². The third kappa shape index (κ3) is 2.50. The molecule has 0 amide bonds. The van der Waals surface area contributed by atoms with Crippen molar-refractivity contribution in [2.45, 2.75) is 5.16 Å². The minimum atomic E-state index is 0.154. The van der Waals surface area contributed by atoms with Crippen LogP contribution in [-0.2, 0) is 0 Å². The van der Waals surface area contributed by atoms with E-state index in [9.17, 15) is 0 Å². The Hall–Kier alpha value is -1.59. The highest BCUT2D eigenvalue weighted by Crippen LogP contribution is 2.16. The average molecular weight is 237 g/mol. The molecule has 1 aliphatic heterocycles. The van der Waals surface area contributed by atoms with E-state index in [1.807, 2.05) is 10.3 Å². The standard InChI is InChI=1S/C8H11N7S/c9-5-16-8-13-6(10)12-7(14-8)15-3-1-11-2-4-15/h11H,1-4H2,(H2,10,12,13,14). The molecule has 1 aliphatic rings. The molecule has 0 unspecified atom stereocenters. The molecule has 0 radical (unpaired) electrons. The maximum absolute atomic E-state index is 8.56. The summed E-state index contributed by atoms with van der Waals surface area (Å²) < 4.78 is 0. The van der Waals surface area contributed by atoms with Crippen molar-refractivity contribution < 1.29 is 0 Å². The lowest BCUT2D eigenvalue weighted by Gasteiger charge is -2.27. The molecule has 0 aromatic carbocycles. The van der Waals surface area contributed by atoms with Crippen LogP contribution >= 0.6 is 11.8 Å². The van der Waals surface area contributed by atoms with Crippen LogP contribution in [0.4, 0.5) is 11.9 Å². The Morgan fingerprint density at radius 1 is 1.31 bits per heavy atom. The molecule has 8 heteroatoms. The zero-order valence-corrected chi connectivity index (χ0v) is 9.37. The van der Waals surface area contributed by atoms with E-state index in [-0.39, 0.29) is 5.95 Å². The van der Waals surface area contributed by atoms with Crippen LogP contribution in [0.2, 0.25) is 0 Å². The molecule has 16 heavy (non-hydrogen) atoms. The Bertz CT molecular complexity index is 409. The van der Waals surface area contributed by atoms with Gasteiger partial charge in [-0.25, -0.2) is 0 Å². The highest BCUT2D eigenvalue weighted by atomic mass is 32.2. The average Bonchev–Trinajstić information content (AvgIpc) is 2.30. The van der Waals surface area contributed by atoms with Crippen molar-refractivity contribution >= 4 is 23.7 Å². The van der Waals surface area contributed by atoms with E-state index in [1.165, 1.54) is 0 Å². The number of aromatic nitrogens is 3. The lowest BCUT2D eigenvalue weighted by atomic mass is 10.4. The molecule has 1 aromatic heterocycles. The number of nitrogen functional groups attached to an aromatic ring is 1. The molecule has 2 heterocycles. The van der Waals surface area contributed by atoms with Crippen LogP contribution in [0, 0.1) is 10.7 Å². The number of nitrogens with one attached hydrogen (secondary N) is 1. The smallest absolute Gasteiger partial charge is 0.231 e. The summed E-state index contributed by atoms with van der Waals surface area (Å²) in [5, 5.41) is 14.1. The predicted octanol–water partition coefficient (Wildman–Crippen LogP) is -0.563. The summed E-state index contributed by atoms with van der Waals surface area (Å²) in [5.41, 5.74) is 5.57. The van der Waals surface area contributed by atoms with Gasteiger partial charge in [-0.3, -0.25) is 0 Å². The summed E-state index contributed by atoms with van der Waals surface area (Å²) in [6.07, 6.45) is 0. The number of thiocyanates is 1. The van der Waals surface area contributed by atoms with Gasteiger partial charge in [-0.05, 0) is 0 Å². The molecule has 0 spiro atoms. The van der Waals surface area contributed by atoms with Crippen molar-refractivity contribution in [3.05, 3.63) is 0 Å². The molecule has 2 rings (SSSR count). The quantitative estimate of drug-likeness (QED) is 0.521. The Morgan fingerprint density at radius 2 is 2.06 bits per heavy atom. The molecule has 0 aliphatic carbocycles. The van der Waals surface area contributed by atoms with Gasteiger partial charge in [0.25, 0.3) is 0 Å². The second-order valence-electron chi connectivity index (χ2n) is 3.21. The topological polar surface area (TPSA) is 104 Å². The van der Waals surface area contributed by atoms with Gasteiger partial charge >= 0.3 is 0 Å². The summed E-state index contributed by atoms with van der Waals surface area (Å²) in [5.74, 6) is 0.702. The molecule has 1 aromatic rings. The first-order valence-electron chi connectivity index (χ1n) is 4.83. The van der Waals surface area contributed by atoms with Gasteiger partial charge in [-0.1, -0.05) is 0 Å². The lowest BCUT2D eigenvalue weighted by molar-refractivity contribution is 0.576. The minimum absolute atomic E-state index is 0.154. The van der Waals surface area contributed by atoms with E-state index in [4.69, 9.17) is 11.0 Å². The van der Waals surface area contributed by atoms with Crippen molar-refractivity contribution in [2.24, 2.45) is 0 Å². The zero-order valence-electron chi connectivity index (χ0n) is 8.55. The van der Waals surface area contributed by atoms with E-state index < -0.39 is 0 Å². The SMILES string of the molecule is N#CSc1nc(N)nc(N2CCNCC2)n1. The summed E-state index contributed by atoms with van der Waals surface area (Å²) in [6.45, 7) is 3.46. The summed E-state index contributed by atoms with van der Waals surface area (Å²) in [7, 11) is 0. The first-order chi connectivity index (χ1) is 7.79. The van der Waals surface area contributed by atoms with Crippen LogP contribution in [0.15, 0.2) is 5.16 Å². The largest absolute Gasteiger partial charge is 0.368 e. The molecule has 3 N–H and O–H groups in total. The van der Waals surface area contributed by atoms with Crippen LogP contribution in [0.25, 0.3) is 0 Å². The molecule has 0 bridgehead atoms. The number of nitrogens with zero attached hydrogens (tertiary/aromatic N) is 5. The number of thioether (sulfide) groups is 1. The summed E-state index contributed by atoms with van der Waals surface area (Å²) in [4.78, 5) is 14.2. The highest BCUT2D eigenvalue weighted by molar-refractivity contribution is 8.03. The highest BCUT2D eigenvalue weighted by Gasteiger charge is 2.15. The van der Waals surface area contributed by atoms with Gasteiger partial charge in [0.05, 0.1) is 0 Å². The Morgan fingerprint density at radius 3 is 2.75 bits per heavy atom. The fraction of sp³-hybridized carbons (Fsp3) is 0.500. The van der Waals surface area contributed by atoms with E-state index in [0.29, 0.717) is 11.1 Å². The van der Waals surface area contributed by atoms with Crippen molar-refractivity contribution in [3.8, 4) is 5.40 Å². The fourth-order valence-electron chi connectivity index (χ4n) is 1.45. The van der Waals surface area contributed by atoms with Crippen LogP contribution in [0.3, 0.4) is 0 Å². The molecule has 84 valence electrons. The van der Waals surface area contributed by atoms with E-state index in [1.54, 1.807) is 0 Å². The third-order valence-electron chi connectivity index (χ3n) is 2.16. The lowest BCUT2D eigenvalue weighted by Crippen LogP contribution is -2.44. The van der Waals surface area contributed by atoms with E-state index >= 15 is 0 Å². The summed E-state index contributed by atoms with van der Waals surface area (Å²) >= 11 is 0.889. The zero-order chi connectivity index (χ0) is 11.4. The molecule has 0 atom stereocenters. The summed E-state index contributed by atoms with van der Waals surface area (Å²) in [6, 6.07) is 0. The Kier molecular flexibility index (Phi) is 3.38. The Labute approximate surface area is 97.1 Å². The number of anilines is 2. The van der Waals surface area contributed by atoms with Gasteiger partial charge in [0.2, 0.25) is 17.1 Å². The normalized spacial score (nSPS) is 15.8. The van der Waals surface area contributed by atoms with Crippen LogP contribution < -0.4 is 16.0 Å². The van der Waals surface area contributed by atoms with Crippen LogP contribution in [-0.4, -0.2) is 41.1 Å². The molecule has 0 saturated carbocycles. The second kappa shape index (κ2) is 4.96. The predicted molar refractivity (Wildman–Crippen MR) is 60.8 cm³/mol. The van der Waals surface area contributed by atoms with Gasteiger partial charge in [0.15, 0.2) is 0 Å². The number of nitriles is 1. The van der Waals surface area contributed by atoms with Crippen molar-refractivity contribution in [1.82, 2.24) is 20.3 Å². The van der Waals surface area contributed by atoms with Gasteiger partial charge in [0, 0.05) is 37.9 Å². The molecular weight excluding hydrogens is 226 g/mol. The molecule has 7 nitrogen and oxygen atoms in total. The number of rotatable bonds is 2. The minimum Gasteiger partial charge on any atom is -0.368 e. The number of nitrogens with two attached hydrogens (primary N) is 1. The van der Waals surface area contributed by atoms with Crippen molar-refractivity contribution in [1.29, 1.82) is 5.26 Å². The van der Waals surface area contributed by atoms with E-state index in [0.717, 1.165) is 37.9 Å². The first-order valence-corrected chi connectivity index (χ1v) is 5.64. The molecule has 1 fully saturated rings. The van der Waals surface area contributed by atoms with Crippen molar-refractivity contribution in [2.75, 3.05) is 36.8 Å². The van der Waals surface area contributed by atoms with Gasteiger partial charge in [0.1, 0.15) is 5.40 Å². The van der Waals surface area contributed by atoms with Gasteiger partial charge in [-0.2, -0.15) is 20.2 Å². The van der Waals surface area contributed by atoms with E-state index in [2.05, 4.69) is 20.3 Å². The molecule has 1 saturated heterocycles. The van der Waals surface area contributed by atoms with Gasteiger partial charge < -0.3 is 16.0 Å². The number of hydrogen-bond acceptors (Lipinski definition) is 8. The van der Waals surface area contributed by atoms with Crippen LogP contribution in [0.5, 0.6) is 0 Å². The first kappa shape index (κ1) is 10.9. The Balaban J connectivity index is 2.22. The monoisotopic (exact) mass is 237 g/mol. The third-order valence-corrected chi connectivity index (χ3v) is 2.61.